The van der Waals surface area contributed by atoms with Crippen molar-refractivity contribution in [3.8, 4) is 6.07 Å². The van der Waals surface area contributed by atoms with Gasteiger partial charge in [0.15, 0.2) is 0 Å². The molecule has 1 aromatic rings. The lowest BCUT2D eigenvalue weighted by Gasteiger charge is -2.18. The molecule has 0 aliphatic rings. The zero-order chi connectivity index (χ0) is 15.1. The van der Waals surface area contributed by atoms with Crippen molar-refractivity contribution in [3.05, 3.63) is 29.3 Å². The van der Waals surface area contributed by atoms with Crippen LogP contribution in [0.15, 0.2) is 18.2 Å². The minimum absolute atomic E-state index is 0.0194. The summed E-state index contributed by atoms with van der Waals surface area (Å²) in [5.41, 5.74) is 1.68. The summed E-state index contributed by atoms with van der Waals surface area (Å²) in [6.07, 6.45) is 0.406. The third kappa shape index (κ3) is 4.28. The fraction of sp³-hybridized carbons (Fsp3) is 0.357. The average Bonchev–Trinajstić information content (AvgIpc) is 2.38. The molecule has 0 fully saturated rings. The molecular weight excluding hydrogens is 258 g/mol. The number of urea groups is 1. The number of benzene rings is 1. The van der Waals surface area contributed by atoms with Crippen molar-refractivity contribution < 1.29 is 14.7 Å². The quantitative estimate of drug-likeness (QED) is 0.861. The van der Waals surface area contributed by atoms with Crippen LogP contribution < -0.4 is 5.32 Å². The molecular formula is C14H17N3O3. The maximum atomic E-state index is 11.9. The number of carbonyl (C=O) groups excluding carboxylic acids is 1. The number of anilines is 1. The van der Waals surface area contributed by atoms with Crippen molar-refractivity contribution in [1.82, 2.24) is 4.90 Å². The van der Waals surface area contributed by atoms with Gasteiger partial charge in [0, 0.05) is 20.0 Å². The Hall–Kier alpha value is -2.55. The van der Waals surface area contributed by atoms with E-state index >= 15 is 0 Å². The Morgan fingerprint density at radius 1 is 1.45 bits per heavy atom. The molecule has 6 heteroatoms. The van der Waals surface area contributed by atoms with E-state index in [2.05, 4.69) is 11.4 Å². The van der Waals surface area contributed by atoms with Gasteiger partial charge in [-0.1, -0.05) is 12.1 Å². The number of carboxylic acids is 1. The van der Waals surface area contributed by atoms with Crippen LogP contribution in [0.25, 0.3) is 0 Å². The van der Waals surface area contributed by atoms with Gasteiger partial charge in [0.25, 0.3) is 0 Å². The monoisotopic (exact) mass is 275 g/mol. The van der Waals surface area contributed by atoms with Gasteiger partial charge in [-0.25, -0.2) is 4.79 Å². The first-order valence-corrected chi connectivity index (χ1v) is 6.19. The summed E-state index contributed by atoms with van der Waals surface area (Å²) >= 11 is 0. The molecule has 0 aliphatic carbocycles. The molecule has 0 aliphatic heterocycles. The Kier molecular flexibility index (Phi) is 5.54. The summed E-state index contributed by atoms with van der Waals surface area (Å²) in [5, 5.41) is 20.3. The number of carbonyl (C=O) groups is 2. The number of aryl methyl sites for hydroxylation is 1. The number of carboxylic acid groups (broad SMARTS) is 1. The van der Waals surface area contributed by atoms with Crippen molar-refractivity contribution in [2.75, 3.05) is 18.9 Å². The largest absolute Gasteiger partial charge is 0.481 e. The average molecular weight is 275 g/mol. The van der Waals surface area contributed by atoms with Gasteiger partial charge in [-0.3, -0.25) is 4.79 Å². The van der Waals surface area contributed by atoms with Crippen LogP contribution in [0.3, 0.4) is 0 Å². The molecule has 2 N–H and O–H groups in total. The van der Waals surface area contributed by atoms with Crippen LogP contribution in [0.4, 0.5) is 10.5 Å². The molecule has 0 spiro atoms. The van der Waals surface area contributed by atoms with E-state index in [0.29, 0.717) is 24.2 Å². The predicted octanol–water partition coefficient (Wildman–Crippen LogP) is 2.20. The molecule has 0 unspecified atom stereocenters. The van der Waals surface area contributed by atoms with E-state index in [1.54, 1.807) is 32.2 Å². The van der Waals surface area contributed by atoms with Crippen LogP contribution in [0.1, 0.15) is 24.0 Å². The van der Waals surface area contributed by atoms with E-state index in [0.717, 1.165) is 5.56 Å². The lowest BCUT2D eigenvalue weighted by molar-refractivity contribution is -0.137. The summed E-state index contributed by atoms with van der Waals surface area (Å²) in [5.74, 6) is -0.885. The van der Waals surface area contributed by atoms with Crippen LogP contribution in [0.5, 0.6) is 0 Å². The molecule has 1 rings (SSSR count). The van der Waals surface area contributed by atoms with Gasteiger partial charge < -0.3 is 15.3 Å². The van der Waals surface area contributed by atoms with Gasteiger partial charge in [-0.2, -0.15) is 5.26 Å². The topological polar surface area (TPSA) is 93.4 Å². The molecule has 0 saturated heterocycles. The molecule has 106 valence electrons. The summed E-state index contributed by atoms with van der Waals surface area (Å²) < 4.78 is 0. The maximum absolute atomic E-state index is 11.9. The highest BCUT2D eigenvalue weighted by Crippen LogP contribution is 2.18. The number of nitrogens with zero attached hydrogens (tertiary/aromatic N) is 2. The van der Waals surface area contributed by atoms with E-state index in [1.807, 2.05) is 0 Å². The number of amides is 2. The van der Waals surface area contributed by atoms with Crippen LogP contribution in [-0.2, 0) is 4.79 Å². The van der Waals surface area contributed by atoms with Crippen LogP contribution >= 0.6 is 0 Å². The first-order chi connectivity index (χ1) is 9.45. The van der Waals surface area contributed by atoms with Crippen LogP contribution in [-0.4, -0.2) is 35.6 Å². The molecule has 2 amide bonds. The molecule has 1 aromatic carbocycles. The molecule has 0 aromatic heterocycles. The van der Waals surface area contributed by atoms with Gasteiger partial charge in [-0.05, 0) is 25.0 Å². The molecule has 0 heterocycles. The second-order valence-corrected chi connectivity index (χ2v) is 4.46. The molecule has 0 bridgehead atoms. The smallest absolute Gasteiger partial charge is 0.321 e. The van der Waals surface area contributed by atoms with Gasteiger partial charge in [-0.15, -0.1) is 0 Å². The van der Waals surface area contributed by atoms with Crippen LogP contribution in [0, 0.1) is 18.3 Å². The number of nitrogens with one attached hydrogen (secondary N) is 1. The van der Waals surface area contributed by atoms with E-state index in [9.17, 15) is 9.59 Å². The number of hydrogen-bond acceptors (Lipinski definition) is 3. The minimum Gasteiger partial charge on any atom is -0.481 e. The summed E-state index contributed by atoms with van der Waals surface area (Å²) in [6, 6.07) is 6.91. The third-order valence-electron chi connectivity index (χ3n) is 2.86. The van der Waals surface area contributed by atoms with E-state index in [1.165, 1.54) is 4.90 Å². The highest BCUT2D eigenvalue weighted by Gasteiger charge is 2.12. The van der Waals surface area contributed by atoms with Crippen LogP contribution in [0.2, 0.25) is 0 Å². The van der Waals surface area contributed by atoms with Crippen molar-refractivity contribution in [2.24, 2.45) is 0 Å². The molecule has 0 radical (unpaired) electrons. The maximum Gasteiger partial charge on any atom is 0.321 e. The SMILES string of the molecule is Cc1cccc(NC(=O)N(C)CCCC(=O)O)c1C#N. The van der Waals surface area contributed by atoms with Crippen molar-refractivity contribution >= 4 is 17.7 Å². The molecule has 0 saturated carbocycles. The Balaban J connectivity index is 2.65. The second kappa shape index (κ2) is 7.14. The number of nitriles is 1. The third-order valence-corrected chi connectivity index (χ3v) is 2.86. The normalized spacial score (nSPS) is 9.65. The first-order valence-electron chi connectivity index (χ1n) is 6.19. The lowest BCUT2D eigenvalue weighted by atomic mass is 10.1. The van der Waals surface area contributed by atoms with Gasteiger partial charge in [0.2, 0.25) is 0 Å². The second-order valence-electron chi connectivity index (χ2n) is 4.46. The predicted molar refractivity (Wildman–Crippen MR) is 74.4 cm³/mol. The summed E-state index contributed by atoms with van der Waals surface area (Å²) in [4.78, 5) is 23.7. The Morgan fingerprint density at radius 3 is 2.75 bits per heavy atom. The fourth-order valence-electron chi connectivity index (χ4n) is 1.70. The van der Waals surface area contributed by atoms with Gasteiger partial charge in [0.1, 0.15) is 6.07 Å². The van der Waals surface area contributed by atoms with Crippen molar-refractivity contribution in [3.63, 3.8) is 0 Å². The van der Waals surface area contributed by atoms with E-state index < -0.39 is 5.97 Å². The van der Waals surface area contributed by atoms with Gasteiger partial charge in [0.05, 0.1) is 11.3 Å². The Bertz CT molecular complexity index is 549. The summed E-state index contributed by atoms with van der Waals surface area (Å²) in [7, 11) is 1.58. The number of hydrogen-bond donors (Lipinski definition) is 2. The zero-order valence-electron chi connectivity index (χ0n) is 11.5. The molecule has 20 heavy (non-hydrogen) atoms. The Morgan fingerprint density at radius 2 is 2.15 bits per heavy atom. The highest BCUT2D eigenvalue weighted by atomic mass is 16.4. The van der Waals surface area contributed by atoms with Crippen molar-refractivity contribution in [1.29, 1.82) is 5.26 Å². The molecule has 0 atom stereocenters. The lowest BCUT2D eigenvalue weighted by Crippen LogP contribution is -2.32. The van der Waals surface area contributed by atoms with Gasteiger partial charge >= 0.3 is 12.0 Å². The van der Waals surface area contributed by atoms with Crippen molar-refractivity contribution in [2.45, 2.75) is 19.8 Å². The Labute approximate surface area is 117 Å². The standard InChI is InChI=1S/C14H17N3O3/c1-10-5-3-6-12(11(10)9-15)16-14(20)17(2)8-4-7-13(18)19/h3,5-6H,4,7-8H2,1-2H3,(H,16,20)(H,18,19). The fourth-order valence-corrected chi connectivity index (χ4v) is 1.70. The highest BCUT2D eigenvalue weighted by molar-refractivity contribution is 5.90. The summed E-state index contributed by atoms with van der Waals surface area (Å²) in [6.45, 7) is 2.14. The first kappa shape index (κ1) is 15.5. The minimum atomic E-state index is -0.885. The van der Waals surface area contributed by atoms with E-state index in [-0.39, 0.29) is 12.5 Å². The van der Waals surface area contributed by atoms with E-state index in [4.69, 9.17) is 10.4 Å². The number of aliphatic carboxylic acids is 1. The molecule has 6 nitrogen and oxygen atoms in total. The number of rotatable bonds is 5. The zero-order valence-corrected chi connectivity index (χ0v) is 11.5.